The van der Waals surface area contributed by atoms with Crippen LogP contribution in [0.25, 0.3) is 0 Å². The highest BCUT2D eigenvalue weighted by Crippen LogP contribution is 2.32. The van der Waals surface area contributed by atoms with Crippen molar-refractivity contribution in [3.05, 3.63) is 53.9 Å². The fourth-order valence-corrected chi connectivity index (χ4v) is 4.70. The molecule has 1 aliphatic heterocycles. The maximum Gasteiger partial charge on any atom is 0.332 e. The number of hydrogen-bond donors (Lipinski definition) is 2. The smallest absolute Gasteiger partial charge is 0.332 e. The molecule has 2 aromatic rings. The highest BCUT2D eigenvalue weighted by Gasteiger charge is 2.41. The highest BCUT2D eigenvalue weighted by atomic mass is 16.7. The molecule has 1 saturated heterocycles. The lowest BCUT2D eigenvalue weighted by molar-refractivity contribution is -0.155. The van der Waals surface area contributed by atoms with Gasteiger partial charge in [0.15, 0.2) is 23.2 Å². The molecule has 2 N–H and O–H groups in total. The van der Waals surface area contributed by atoms with Gasteiger partial charge >= 0.3 is 23.9 Å². The number of cyclic esters (lactones) is 2. The van der Waals surface area contributed by atoms with Gasteiger partial charge < -0.3 is 34.1 Å². The SMILES string of the molecule is COc1ccnc(C(=O)N[C@H]2COC(=O)[C@H](Cc3ccccc3)[C@H](CC(C)C(=O)O)[C@H](C)OC2=O)c1OCOC(=O)C(C)C. The Kier molecular flexibility index (Phi) is 12.1. The van der Waals surface area contributed by atoms with Crippen LogP contribution in [0.2, 0.25) is 0 Å². The van der Waals surface area contributed by atoms with Crippen molar-refractivity contribution >= 4 is 29.8 Å². The number of nitrogens with zero attached hydrogens (tertiary/aromatic N) is 1. The first-order valence-electron chi connectivity index (χ1n) is 14.2. The molecular formula is C31H38N2O11. The Bertz CT molecular complexity index is 1330. The van der Waals surface area contributed by atoms with Crippen molar-refractivity contribution in [1.82, 2.24) is 10.3 Å². The van der Waals surface area contributed by atoms with Crippen LogP contribution in [-0.2, 0) is 39.8 Å². The zero-order valence-electron chi connectivity index (χ0n) is 25.3. The summed E-state index contributed by atoms with van der Waals surface area (Å²) < 4.78 is 27.1. The van der Waals surface area contributed by atoms with E-state index in [4.69, 9.17) is 23.7 Å². The molecular weight excluding hydrogens is 576 g/mol. The molecule has 0 saturated carbocycles. The maximum absolute atomic E-state index is 13.5. The second-order valence-corrected chi connectivity index (χ2v) is 10.8. The first kappa shape index (κ1) is 33.8. The van der Waals surface area contributed by atoms with Gasteiger partial charge in [0.1, 0.15) is 12.7 Å². The van der Waals surface area contributed by atoms with Crippen LogP contribution in [0.3, 0.4) is 0 Å². The predicted molar refractivity (Wildman–Crippen MR) is 154 cm³/mol. The largest absolute Gasteiger partial charge is 0.493 e. The van der Waals surface area contributed by atoms with Crippen molar-refractivity contribution in [1.29, 1.82) is 0 Å². The van der Waals surface area contributed by atoms with Gasteiger partial charge in [-0.2, -0.15) is 0 Å². The molecule has 1 aliphatic rings. The molecule has 2 heterocycles. The summed E-state index contributed by atoms with van der Waals surface area (Å²) in [5.41, 5.74) is 0.535. The average Bonchev–Trinajstić information content (AvgIpc) is 3.03. The number of nitrogens with one attached hydrogen (secondary N) is 1. The number of hydrogen-bond acceptors (Lipinski definition) is 11. The van der Waals surface area contributed by atoms with Gasteiger partial charge in [0.25, 0.3) is 5.91 Å². The fraction of sp³-hybridized carbons (Fsp3) is 0.484. The topological polar surface area (TPSA) is 177 Å². The van der Waals surface area contributed by atoms with E-state index in [1.807, 2.05) is 30.3 Å². The van der Waals surface area contributed by atoms with Gasteiger partial charge in [-0.3, -0.25) is 19.2 Å². The molecule has 44 heavy (non-hydrogen) atoms. The molecule has 1 unspecified atom stereocenters. The van der Waals surface area contributed by atoms with E-state index in [-0.39, 0.29) is 30.0 Å². The summed E-state index contributed by atoms with van der Waals surface area (Å²) in [4.78, 5) is 67.7. The second kappa shape index (κ2) is 15.7. The zero-order chi connectivity index (χ0) is 32.4. The molecule has 238 valence electrons. The molecule has 0 bridgehead atoms. The molecule has 5 atom stereocenters. The number of esters is 3. The van der Waals surface area contributed by atoms with Crippen molar-refractivity contribution in [2.75, 3.05) is 20.5 Å². The first-order valence-corrected chi connectivity index (χ1v) is 14.2. The van der Waals surface area contributed by atoms with Gasteiger partial charge in [0, 0.05) is 18.2 Å². The number of pyridine rings is 1. The van der Waals surface area contributed by atoms with Crippen LogP contribution < -0.4 is 14.8 Å². The van der Waals surface area contributed by atoms with Crippen LogP contribution in [0.5, 0.6) is 11.5 Å². The molecule has 1 aromatic heterocycles. The molecule has 0 aliphatic carbocycles. The van der Waals surface area contributed by atoms with Crippen molar-refractivity contribution < 1.29 is 52.8 Å². The lowest BCUT2D eigenvalue weighted by Gasteiger charge is -2.30. The number of aromatic nitrogens is 1. The average molecular weight is 615 g/mol. The minimum Gasteiger partial charge on any atom is -0.493 e. The third kappa shape index (κ3) is 8.91. The Hall–Kier alpha value is -4.68. The lowest BCUT2D eigenvalue weighted by Crippen LogP contribution is -2.46. The van der Waals surface area contributed by atoms with Crippen LogP contribution in [0.1, 0.15) is 50.2 Å². The van der Waals surface area contributed by atoms with Gasteiger partial charge in [0.05, 0.1) is 24.9 Å². The summed E-state index contributed by atoms with van der Waals surface area (Å²) in [6.07, 6.45) is 0.661. The van der Waals surface area contributed by atoms with Gasteiger partial charge in [0.2, 0.25) is 6.79 Å². The summed E-state index contributed by atoms with van der Waals surface area (Å²) in [6, 6.07) is 9.14. The van der Waals surface area contributed by atoms with Gasteiger partial charge in [-0.15, -0.1) is 0 Å². The van der Waals surface area contributed by atoms with Crippen LogP contribution in [-0.4, -0.2) is 72.5 Å². The normalized spacial score (nSPS) is 21.0. The third-order valence-electron chi connectivity index (χ3n) is 7.23. The molecule has 0 spiro atoms. The number of aliphatic carboxylic acids is 1. The van der Waals surface area contributed by atoms with E-state index in [1.165, 1.54) is 26.3 Å². The summed E-state index contributed by atoms with van der Waals surface area (Å²) in [6.45, 7) is 5.32. The third-order valence-corrected chi connectivity index (χ3v) is 7.23. The Labute approximate surface area is 255 Å². The minimum absolute atomic E-state index is 0.0449. The molecule has 3 rings (SSSR count). The van der Waals surface area contributed by atoms with E-state index in [0.717, 1.165) is 5.56 Å². The van der Waals surface area contributed by atoms with Crippen LogP contribution in [0, 0.1) is 23.7 Å². The summed E-state index contributed by atoms with van der Waals surface area (Å²) in [7, 11) is 1.34. The molecule has 13 heteroatoms. The van der Waals surface area contributed by atoms with E-state index in [2.05, 4.69) is 10.3 Å². The summed E-state index contributed by atoms with van der Waals surface area (Å²) in [5.74, 6) is -6.79. The number of carbonyl (C=O) groups is 5. The standard InChI is InChI=1S/C31H38N2O11/c1-17(2)29(37)43-16-42-26-24(40-5)11-12-32-25(26)27(34)33-23-15-41-30(38)22(14-20-9-7-6-8-10-20)21(13-18(3)28(35)36)19(4)44-31(23)39/h6-12,17-19,21-23H,13-16H2,1-5H3,(H,33,34)(H,35,36)/t18?,19-,21+,22+,23-/m0/s1. The lowest BCUT2D eigenvalue weighted by atomic mass is 9.78. The van der Waals surface area contributed by atoms with Crippen LogP contribution in [0.15, 0.2) is 42.6 Å². The van der Waals surface area contributed by atoms with E-state index in [0.29, 0.717) is 0 Å². The van der Waals surface area contributed by atoms with Gasteiger partial charge in [-0.25, -0.2) is 9.78 Å². The number of carbonyl (C=O) groups excluding carboxylic acids is 4. The van der Waals surface area contributed by atoms with Gasteiger partial charge in [-0.1, -0.05) is 51.1 Å². The number of rotatable bonds is 12. The predicted octanol–water partition coefficient (Wildman–Crippen LogP) is 2.80. The molecule has 1 fully saturated rings. The van der Waals surface area contributed by atoms with Crippen LogP contribution >= 0.6 is 0 Å². The molecule has 13 nitrogen and oxygen atoms in total. The minimum atomic E-state index is -1.43. The summed E-state index contributed by atoms with van der Waals surface area (Å²) in [5, 5.41) is 12.0. The zero-order valence-corrected chi connectivity index (χ0v) is 25.3. The number of carboxylic acid groups (broad SMARTS) is 1. The number of ether oxygens (including phenoxy) is 5. The fourth-order valence-electron chi connectivity index (χ4n) is 4.70. The Morgan fingerprint density at radius 3 is 2.43 bits per heavy atom. The van der Waals surface area contributed by atoms with E-state index >= 15 is 0 Å². The molecule has 1 aromatic carbocycles. The van der Waals surface area contributed by atoms with Crippen molar-refractivity contribution in [2.45, 2.75) is 52.7 Å². The number of benzene rings is 1. The van der Waals surface area contributed by atoms with Crippen molar-refractivity contribution in [2.24, 2.45) is 23.7 Å². The van der Waals surface area contributed by atoms with Crippen molar-refractivity contribution in [3.63, 3.8) is 0 Å². The van der Waals surface area contributed by atoms with Crippen LogP contribution in [0.4, 0.5) is 0 Å². The number of amides is 1. The Morgan fingerprint density at radius 2 is 1.80 bits per heavy atom. The quantitative estimate of drug-likeness (QED) is 0.203. The Balaban J connectivity index is 1.85. The maximum atomic E-state index is 13.5. The number of carboxylic acids is 1. The molecule has 1 amide bonds. The molecule has 0 radical (unpaired) electrons. The van der Waals surface area contributed by atoms with Crippen molar-refractivity contribution in [3.8, 4) is 11.5 Å². The first-order chi connectivity index (χ1) is 20.9. The van der Waals surface area contributed by atoms with E-state index < -0.39 is 79.0 Å². The van der Waals surface area contributed by atoms with Gasteiger partial charge in [-0.05, 0) is 25.3 Å². The monoisotopic (exact) mass is 614 g/mol. The summed E-state index contributed by atoms with van der Waals surface area (Å²) >= 11 is 0. The van der Waals surface area contributed by atoms with E-state index in [1.54, 1.807) is 20.8 Å². The second-order valence-electron chi connectivity index (χ2n) is 10.8. The highest BCUT2D eigenvalue weighted by molar-refractivity contribution is 5.98. The number of methoxy groups -OCH3 is 1. The van der Waals surface area contributed by atoms with E-state index in [9.17, 15) is 29.1 Å². The Morgan fingerprint density at radius 1 is 1.09 bits per heavy atom.